The summed E-state index contributed by atoms with van der Waals surface area (Å²) in [4.78, 5) is 22.2. The molecule has 0 spiro atoms. The van der Waals surface area contributed by atoms with Crippen LogP contribution in [-0.4, -0.2) is 22.3 Å². The molecule has 0 saturated heterocycles. The van der Waals surface area contributed by atoms with Crippen LogP contribution in [0.3, 0.4) is 0 Å². The summed E-state index contributed by atoms with van der Waals surface area (Å²) < 4.78 is 0. The van der Waals surface area contributed by atoms with Crippen molar-refractivity contribution in [3.05, 3.63) is 52.0 Å². The number of allylic oxidation sites excluding steroid dienone is 4. The van der Waals surface area contributed by atoms with E-state index < -0.39 is 5.91 Å². The van der Waals surface area contributed by atoms with Crippen LogP contribution in [0.1, 0.15) is 16.9 Å². The predicted octanol–water partition coefficient (Wildman–Crippen LogP) is 0.372. The molecule has 0 saturated carbocycles. The Labute approximate surface area is 96.7 Å². The summed E-state index contributed by atoms with van der Waals surface area (Å²) in [5.74, 6) is -0.468. The average Bonchev–Trinajstić information content (AvgIpc) is 2.83. The van der Waals surface area contributed by atoms with Gasteiger partial charge in [-0.2, -0.15) is 10.2 Å². The Balaban J connectivity index is 1.93. The number of aromatic nitrogens is 2. The lowest BCUT2D eigenvalue weighted by Gasteiger charge is -1.97. The second-order valence-corrected chi connectivity index (χ2v) is 3.38. The van der Waals surface area contributed by atoms with E-state index in [1.165, 1.54) is 12.1 Å². The van der Waals surface area contributed by atoms with Crippen molar-refractivity contribution in [2.45, 2.75) is 6.42 Å². The molecular formula is C11H10N4O2. The third-order valence-corrected chi connectivity index (χ3v) is 2.11. The number of amides is 1. The zero-order chi connectivity index (χ0) is 12.1. The Bertz CT molecular complexity index is 549. The molecule has 1 aromatic heterocycles. The number of hydrogen-bond acceptors (Lipinski definition) is 4. The van der Waals surface area contributed by atoms with E-state index >= 15 is 0 Å². The fourth-order valence-corrected chi connectivity index (χ4v) is 1.26. The van der Waals surface area contributed by atoms with Gasteiger partial charge in [0.15, 0.2) is 5.69 Å². The SMILES string of the molecule is O=C(N/N=C/C1=CC=CC1)c1ccc(=O)[nH]n1. The molecule has 0 radical (unpaired) electrons. The second kappa shape index (κ2) is 5.02. The lowest BCUT2D eigenvalue weighted by atomic mass is 10.3. The van der Waals surface area contributed by atoms with Gasteiger partial charge < -0.3 is 0 Å². The molecular weight excluding hydrogens is 220 g/mol. The zero-order valence-electron chi connectivity index (χ0n) is 8.88. The highest BCUT2D eigenvalue weighted by molar-refractivity contribution is 5.92. The van der Waals surface area contributed by atoms with Crippen LogP contribution in [0.4, 0.5) is 0 Å². The third-order valence-electron chi connectivity index (χ3n) is 2.11. The first-order valence-electron chi connectivity index (χ1n) is 5.00. The lowest BCUT2D eigenvalue weighted by Crippen LogP contribution is -2.21. The second-order valence-electron chi connectivity index (χ2n) is 3.38. The molecule has 1 heterocycles. The Morgan fingerprint density at radius 1 is 1.53 bits per heavy atom. The first-order chi connectivity index (χ1) is 8.25. The van der Waals surface area contributed by atoms with Gasteiger partial charge in [0.2, 0.25) is 0 Å². The van der Waals surface area contributed by atoms with Gasteiger partial charge in [-0.15, -0.1) is 0 Å². The molecule has 0 fully saturated rings. The summed E-state index contributed by atoms with van der Waals surface area (Å²) in [5.41, 5.74) is 3.09. The summed E-state index contributed by atoms with van der Waals surface area (Å²) in [5, 5.41) is 9.54. The van der Waals surface area contributed by atoms with Gasteiger partial charge in [-0.05, 0) is 18.1 Å². The lowest BCUT2D eigenvalue weighted by molar-refractivity contribution is 0.0949. The highest BCUT2D eigenvalue weighted by atomic mass is 16.2. The number of aromatic amines is 1. The van der Waals surface area contributed by atoms with Crippen molar-refractivity contribution in [3.8, 4) is 0 Å². The van der Waals surface area contributed by atoms with Crippen molar-refractivity contribution in [2.24, 2.45) is 5.10 Å². The normalized spacial score (nSPS) is 14.0. The molecule has 0 aromatic carbocycles. The fourth-order valence-electron chi connectivity index (χ4n) is 1.26. The summed E-state index contributed by atoms with van der Waals surface area (Å²) >= 11 is 0. The van der Waals surface area contributed by atoms with E-state index in [1.54, 1.807) is 6.21 Å². The molecule has 2 N–H and O–H groups in total. The molecule has 2 rings (SSSR count). The Hall–Kier alpha value is -2.50. The van der Waals surface area contributed by atoms with E-state index in [1.807, 2.05) is 18.2 Å². The van der Waals surface area contributed by atoms with Crippen molar-refractivity contribution in [1.29, 1.82) is 0 Å². The number of nitrogens with zero attached hydrogens (tertiary/aromatic N) is 2. The van der Waals surface area contributed by atoms with E-state index in [2.05, 4.69) is 20.7 Å². The number of hydrazone groups is 1. The smallest absolute Gasteiger partial charge is 0.268 e. The van der Waals surface area contributed by atoms with Gasteiger partial charge in [-0.3, -0.25) is 9.59 Å². The molecule has 0 atom stereocenters. The predicted molar refractivity (Wildman–Crippen MR) is 62.7 cm³/mol. The van der Waals surface area contributed by atoms with Crippen LogP contribution in [0.2, 0.25) is 0 Å². The van der Waals surface area contributed by atoms with Crippen molar-refractivity contribution in [2.75, 3.05) is 0 Å². The van der Waals surface area contributed by atoms with Crippen LogP contribution >= 0.6 is 0 Å². The van der Waals surface area contributed by atoms with Crippen molar-refractivity contribution in [3.63, 3.8) is 0 Å². The molecule has 0 unspecified atom stereocenters. The van der Waals surface area contributed by atoms with Crippen LogP contribution in [0.15, 0.2) is 45.8 Å². The maximum atomic E-state index is 11.5. The van der Waals surface area contributed by atoms with Crippen molar-refractivity contribution < 1.29 is 4.79 Å². The molecule has 0 bridgehead atoms. The fraction of sp³-hybridized carbons (Fsp3) is 0.0909. The Morgan fingerprint density at radius 3 is 3.06 bits per heavy atom. The van der Waals surface area contributed by atoms with Crippen LogP contribution in [0.5, 0.6) is 0 Å². The van der Waals surface area contributed by atoms with E-state index in [9.17, 15) is 9.59 Å². The molecule has 17 heavy (non-hydrogen) atoms. The highest BCUT2D eigenvalue weighted by Crippen LogP contribution is 2.06. The molecule has 1 aliphatic carbocycles. The van der Waals surface area contributed by atoms with E-state index in [-0.39, 0.29) is 11.3 Å². The molecule has 1 amide bonds. The number of carbonyl (C=O) groups excluding carboxylic acids is 1. The van der Waals surface area contributed by atoms with Crippen LogP contribution in [0, 0.1) is 0 Å². The molecule has 6 heteroatoms. The van der Waals surface area contributed by atoms with Gasteiger partial charge in [-0.25, -0.2) is 10.5 Å². The molecule has 86 valence electrons. The standard InChI is InChI=1S/C11H10N4O2/c16-10-6-5-9(13-14-10)11(17)15-12-7-8-3-1-2-4-8/h1-3,5-7H,4H2,(H,14,16)(H,15,17)/b12-7+. The van der Waals surface area contributed by atoms with Gasteiger partial charge in [0, 0.05) is 6.07 Å². The Kier molecular flexibility index (Phi) is 3.25. The number of carbonyl (C=O) groups is 1. The average molecular weight is 230 g/mol. The number of nitrogens with one attached hydrogen (secondary N) is 2. The van der Waals surface area contributed by atoms with Crippen molar-refractivity contribution in [1.82, 2.24) is 15.6 Å². The van der Waals surface area contributed by atoms with Gasteiger partial charge >= 0.3 is 0 Å². The topological polar surface area (TPSA) is 87.2 Å². The summed E-state index contributed by atoms with van der Waals surface area (Å²) in [7, 11) is 0. The van der Waals surface area contributed by atoms with Crippen LogP contribution in [-0.2, 0) is 0 Å². The quantitative estimate of drug-likeness (QED) is 0.581. The minimum absolute atomic E-state index is 0.111. The zero-order valence-corrected chi connectivity index (χ0v) is 8.88. The van der Waals surface area contributed by atoms with Crippen LogP contribution < -0.4 is 11.0 Å². The van der Waals surface area contributed by atoms with Crippen LogP contribution in [0.25, 0.3) is 0 Å². The monoisotopic (exact) mass is 230 g/mol. The summed E-state index contributed by atoms with van der Waals surface area (Å²) in [6, 6.07) is 2.56. The maximum Gasteiger partial charge on any atom is 0.291 e. The molecule has 6 nitrogen and oxygen atoms in total. The first-order valence-corrected chi connectivity index (χ1v) is 5.00. The highest BCUT2D eigenvalue weighted by Gasteiger charge is 2.05. The van der Waals surface area contributed by atoms with Gasteiger partial charge in [0.25, 0.3) is 11.5 Å². The molecule has 1 aromatic rings. The van der Waals surface area contributed by atoms with E-state index in [4.69, 9.17) is 0 Å². The minimum Gasteiger partial charge on any atom is -0.268 e. The number of H-pyrrole nitrogens is 1. The maximum absolute atomic E-state index is 11.5. The number of rotatable bonds is 3. The summed E-state index contributed by atoms with van der Waals surface area (Å²) in [6.07, 6.45) is 8.22. The van der Waals surface area contributed by atoms with Gasteiger partial charge in [0.05, 0.1) is 6.21 Å². The van der Waals surface area contributed by atoms with Gasteiger partial charge in [0.1, 0.15) is 0 Å². The Morgan fingerprint density at radius 2 is 2.41 bits per heavy atom. The number of hydrogen-bond donors (Lipinski definition) is 2. The minimum atomic E-state index is -0.468. The molecule has 1 aliphatic rings. The van der Waals surface area contributed by atoms with E-state index in [0.29, 0.717) is 0 Å². The molecule has 0 aliphatic heterocycles. The van der Waals surface area contributed by atoms with Gasteiger partial charge in [-0.1, -0.05) is 18.2 Å². The third kappa shape index (κ3) is 2.97. The largest absolute Gasteiger partial charge is 0.291 e. The summed E-state index contributed by atoms with van der Waals surface area (Å²) in [6.45, 7) is 0. The first kappa shape index (κ1) is 11.0. The van der Waals surface area contributed by atoms with E-state index in [0.717, 1.165) is 12.0 Å². The van der Waals surface area contributed by atoms with Crippen molar-refractivity contribution >= 4 is 12.1 Å².